The molecule has 0 bridgehead atoms. The number of nitrogens with zero attached hydrogens (tertiary/aromatic N) is 3. The van der Waals surface area contributed by atoms with Gasteiger partial charge in [0.25, 0.3) is 0 Å². The van der Waals surface area contributed by atoms with E-state index in [0.29, 0.717) is 5.92 Å². The minimum Gasteiger partial charge on any atom is -0.233 e. The fraction of sp³-hybridized carbons (Fsp3) is 0.429. The summed E-state index contributed by atoms with van der Waals surface area (Å²) in [4.78, 5) is 4.90. The fourth-order valence-corrected chi connectivity index (χ4v) is 3.81. The Morgan fingerprint density at radius 3 is 2.25 bits per heavy atom. The smallest absolute Gasteiger partial charge is 0.163 e. The van der Waals surface area contributed by atoms with Crippen LogP contribution in [0, 0.1) is 33.9 Å². The molecule has 0 unspecified atom stereocenters. The van der Waals surface area contributed by atoms with Crippen molar-refractivity contribution < 1.29 is 0 Å². The summed E-state index contributed by atoms with van der Waals surface area (Å²) < 4.78 is 1.83. The van der Waals surface area contributed by atoms with Crippen molar-refractivity contribution in [3.05, 3.63) is 52.5 Å². The Balaban J connectivity index is 2.21. The van der Waals surface area contributed by atoms with Crippen LogP contribution in [0.15, 0.2) is 18.3 Å². The number of benzene rings is 1. The van der Waals surface area contributed by atoms with Crippen LogP contribution in [0.5, 0.6) is 0 Å². The van der Waals surface area contributed by atoms with Gasteiger partial charge in [-0.1, -0.05) is 31.5 Å². The SMILES string of the molecule is CCC(CC)c1[c]n2ncc(-c3c(C)cc(C)cc3C)c2nc1C. The summed E-state index contributed by atoms with van der Waals surface area (Å²) in [7, 11) is 0. The van der Waals surface area contributed by atoms with Crippen LogP contribution in [0.25, 0.3) is 16.8 Å². The predicted octanol–water partition coefficient (Wildman–Crippen LogP) is 5.33. The van der Waals surface area contributed by atoms with Crippen LogP contribution in [0.2, 0.25) is 0 Å². The van der Waals surface area contributed by atoms with Crippen molar-refractivity contribution in [2.24, 2.45) is 0 Å². The number of fused-ring (bicyclic) bond motifs is 1. The lowest BCUT2D eigenvalue weighted by Crippen LogP contribution is -2.05. The minimum atomic E-state index is 0.498. The van der Waals surface area contributed by atoms with Crippen molar-refractivity contribution in [2.45, 2.75) is 60.3 Å². The second-order valence-corrected chi connectivity index (χ2v) is 6.80. The Morgan fingerprint density at radius 2 is 1.67 bits per heavy atom. The minimum absolute atomic E-state index is 0.498. The van der Waals surface area contributed by atoms with Crippen LogP contribution < -0.4 is 0 Å². The van der Waals surface area contributed by atoms with Gasteiger partial charge in [0.15, 0.2) is 5.65 Å². The number of aromatic nitrogens is 3. The van der Waals surface area contributed by atoms with Gasteiger partial charge in [0.05, 0.1) is 12.4 Å². The van der Waals surface area contributed by atoms with Gasteiger partial charge in [-0.15, -0.1) is 0 Å². The first-order valence-corrected chi connectivity index (χ1v) is 8.82. The second kappa shape index (κ2) is 6.39. The monoisotopic (exact) mass is 320 g/mol. The highest BCUT2D eigenvalue weighted by molar-refractivity contribution is 5.81. The van der Waals surface area contributed by atoms with E-state index in [-0.39, 0.29) is 0 Å². The Hall–Kier alpha value is -2.16. The van der Waals surface area contributed by atoms with Crippen molar-refractivity contribution in [2.75, 3.05) is 0 Å². The zero-order chi connectivity index (χ0) is 17.4. The lowest BCUT2D eigenvalue weighted by molar-refractivity contribution is 0.626. The van der Waals surface area contributed by atoms with Gasteiger partial charge in [-0.2, -0.15) is 5.10 Å². The highest BCUT2D eigenvalue weighted by atomic mass is 15.2. The van der Waals surface area contributed by atoms with Gasteiger partial charge in [0, 0.05) is 16.8 Å². The van der Waals surface area contributed by atoms with Crippen LogP contribution in [0.4, 0.5) is 0 Å². The van der Waals surface area contributed by atoms with E-state index in [1.165, 1.54) is 27.8 Å². The van der Waals surface area contributed by atoms with Crippen molar-refractivity contribution in [1.29, 1.82) is 0 Å². The summed E-state index contributed by atoms with van der Waals surface area (Å²) in [6.45, 7) is 13.0. The third-order valence-corrected chi connectivity index (χ3v) is 4.97. The first kappa shape index (κ1) is 16.7. The summed E-state index contributed by atoms with van der Waals surface area (Å²) >= 11 is 0. The fourth-order valence-electron chi connectivity index (χ4n) is 3.81. The first-order chi connectivity index (χ1) is 11.5. The lowest BCUT2D eigenvalue weighted by atomic mass is 9.93. The molecule has 0 N–H and O–H groups in total. The molecular formula is C21H26N3. The van der Waals surface area contributed by atoms with Gasteiger partial charge in [-0.25, -0.2) is 9.50 Å². The molecule has 0 aliphatic heterocycles. The molecule has 0 fully saturated rings. The van der Waals surface area contributed by atoms with E-state index in [4.69, 9.17) is 4.98 Å². The molecule has 0 spiro atoms. The maximum Gasteiger partial charge on any atom is 0.163 e. The lowest BCUT2D eigenvalue weighted by Gasteiger charge is -2.15. The van der Waals surface area contributed by atoms with E-state index < -0.39 is 0 Å². The summed E-state index contributed by atoms with van der Waals surface area (Å²) in [6.07, 6.45) is 7.62. The molecule has 24 heavy (non-hydrogen) atoms. The van der Waals surface area contributed by atoms with E-state index in [0.717, 1.165) is 29.7 Å². The Bertz CT molecular complexity index is 862. The van der Waals surface area contributed by atoms with Crippen molar-refractivity contribution >= 4 is 5.65 Å². The first-order valence-electron chi connectivity index (χ1n) is 8.82. The average Bonchev–Trinajstić information content (AvgIpc) is 2.90. The highest BCUT2D eigenvalue weighted by Crippen LogP contribution is 2.32. The molecule has 125 valence electrons. The van der Waals surface area contributed by atoms with E-state index in [1.54, 1.807) is 0 Å². The van der Waals surface area contributed by atoms with E-state index in [1.807, 2.05) is 10.7 Å². The van der Waals surface area contributed by atoms with Gasteiger partial charge >= 0.3 is 0 Å². The molecule has 3 rings (SSSR count). The standard InChI is InChI=1S/C21H26N3/c1-7-17(8-2)19-12-24-21(23-16(19)6)18(11-22-24)20-14(4)9-13(3)10-15(20)5/h9-11,17H,7-8H2,1-6H3. The van der Waals surface area contributed by atoms with E-state index >= 15 is 0 Å². The molecule has 1 aromatic carbocycles. The zero-order valence-electron chi connectivity index (χ0n) is 15.6. The molecular weight excluding hydrogens is 294 g/mol. The second-order valence-electron chi connectivity index (χ2n) is 6.80. The Labute approximate surface area is 144 Å². The third kappa shape index (κ3) is 2.72. The largest absolute Gasteiger partial charge is 0.233 e. The van der Waals surface area contributed by atoms with Gasteiger partial charge in [-0.3, -0.25) is 0 Å². The van der Waals surface area contributed by atoms with Crippen LogP contribution in [0.1, 0.15) is 60.6 Å². The molecule has 2 aromatic heterocycles. The van der Waals surface area contributed by atoms with E-state index in [2.05, 4.69) is 65.0 Å². The van der Waals surface area contributed by atoms with Gasteiger partial charge in [0.2, 0.25) is 0 Å². The highest BCUT2D eigenvalue weighted by Gasteiger charge is 2.18. The van der Waals surface area contributed by atoms with E-state index in [9.17, 15) is 0 Å². The number of hydrogen-bond acceptors (Lipinski definition) is 2. The van der Waals surface area contributed by atoms with Gasteiger partial charge < -0.3 is 0 Å². The molecule has 1 radical (unpaired) electrons. The van der Waals surface area contributed by atoms with Crippen molar-refractivity contribution in [3.63, 3.8) is 0 Å². The molecule has 0 aliphatic rings. The molecule has 2 heterocycles. The summed E-state index contributed by atoms with van der Waals surface area (Å²) in [5.41, 5.74) is 9.33. The van der Waals surface area contributed by atoms with Crippen molar-refractivity contribution in [3.8, 4) is 11.1 Å². The quantitative estimate of drug-likeness (QED) is 0.650. The Kier molecular flexibility index (Phi) is 4.44. The molecule has 0 aliphatic carbocycles. The molecule has 3 aromatic rings. The van der Waals surface area contributed by atoms with Crippen LogP contribution >= 0.6 is 0 Å². The summed E-state index contributed by atoms with van der Waals surface area (Å²) in [5, 5.41) is 4.55. The maximum atomic E-state index is 4.90. The Morgan fingerprint density at radius 1 is 1.04 bits per heavy atom. The average molecular weight is 320 g/mol. The van der Waals surface area contributed by atoms with Gasteiger partial charge in [0.1, 0.15) is 0 Å². The maximum absolute atomic E-state index is 4.90. The molecule has 0 saturated carbocycles. The summed E-state index contributed by atoms with van der Waals surface area (Å²) in [6, 6.07) is 4.45. The molecule has 0 saturated heterocycles. The van der Waals surface area contributed by atoms with Crippen molar-refractivity contribution in [1.82, 2.24) is 14.6 Å². The number of hydrogen-bond donors (Lipinski definition) is 0. The van der Waals surface area contributed by atoms with Crippen LogP contribution in [-0.2, 0) is 0 Å². The predicted molar refractivity (Wildman–Crippen MR) is 99.5 cm³/mol. The molecule has 0 amide bonds. The number of aryl methyl sites for hydroxylation is 4. The van der Waals surface area contributed by atoms with Gasteiger partial charge in [-0.05, 0) is 63.1 Å². The molecule has 3 nitrogen and oxygen atoms in total. The summed E-state index contributed by atoms with van der Waals surface area (Å²) in [5.74, 6) is 0.498. The molecule has 0 atom stereocenters. The van der Waals surface area contributed by atoms with Crippen LogP contribution in [-0.4, -0.2) is 14.6 Å². The normalized spacial score (nSPS) is 11.6. The van der Waals surface area contributed by atoms with Crippen LogP contribution in [0.3, 0.4) is 0 Å². The molecule has 3 heteroatoms. The topological polar surface area (TPSA) is 30.2 Å². The zero-order valence-corrected chi connectivity index (χ0v) is 15.6. The third-order valence-electron chi connectivity index (χ3n) is 4.97. The number of rotatable bonds is 4.